The third-order valence-electron chi connectivity index (χ3n) is 9.68. The van der Waals surface area contributed by atoms with Gasteiger partial charge in [0.25, 0.3) is 0 Å². The zero-order valence-corrected chi connectivity index (χ0v) is 32.3. The van der Waals surface area contributed by atoms with E-state index in [1.807, 2.05) is 0 Å². The fraction of sp³-hybridized carbons (Fsp3) is 0.864. The van der Waals surface area contributed by atoms with Gasteiger partial charge in [-0.2, -0.15) is 0 Å². The monoisotopic (exact) mass is 675 g/mol. The Bertz CT molecular complexity index is 727. The molecule has 0 radical (unpaired) electrons. The molecule has 0 amide bonds. The summed E-state index contributed by atoms with van der Waals surface area (Å²) in [4.78, 5) is 23.3. The number of allylic oxidation sites excluding steroid dienone is 4. The molecule has 4 nitrogen and oxygen atoms in total. The summed E-state index contributed by atoms with van der Waals surface area (Å²) in [5.74, 6) is -0.646. The first kappa shape index (κ1) is 46.4. The van der Waals surface area contributed by atoms with Crippen LogP contribution in [0.2, 0.25) is 0 Å². The Labute approximate surface area is 299 Å². The number of carboxylic acid groups (broad SMARTS) is 1. The normalized spacial score (nSPS) is 12.4. The molecule has 0 aromatic rings. The van der Waals surface area contributed by atoms with E-state index in [1.165, 1.54) is 154 Å². The van der Waals surface area contributed by atoms with Crippen LogP contribution in [0.15, 0.2) is 24.3 Å². The average Bonchev–Trinajstić information content (AvgIpc) is 3.07. The lowest BCUT2D eigenvalue weighted by Gasteiger charge is -2.18. The standard InChI is InChI=1S/C44H82O4/c1-3-5-7-9-11-12-13-14-15-16-17-18-19-20-21-25-29-33-37-41-44(47)48-42(38-34-30-26-10-8-6-4-2)39-35-31-27-23-22-24-28-32-36-40-43(45)46/h11-12,14-15,42H,3-10,13,16-41H2,1-2H3,(H,45,46)/b12-11-,15-14-. The molecule has 0 spiro atoms. The largest absolute Gasteiger partial charge is 0.481 e. The van der Waals surface area contributed by atoms with Crippen molar-refractivity contribution in [1.29, 1.82) is 0 Å². The van der Waals surface area contributed by atoms with Crippen molar-refractivity contribution in [2.75, 3.05) is 0 Å². The van der Waals surface area contributed by atoms with Crippen molar-refractivity contribution in [3.05, 3.63) is 24.3 Å². The van der Waals surface area contributed by atoms with E-state index in [2.05, 4.69) is 38.2 Å². The molecule has 0 saturated heterocycles. The van der Waals surface area contributed by atoms with Gasteiger partial charge in [-0.3, -0.25) is 9.59 Å². The van der Waals surface area contributed by atoms with Gasteiger partial charge in [0.05, 0.1) is 0 Å². The van der Waals surface area contributed by atoms with Gasteiger partial charge in [-0.05, 0) is 70.6 Å². The number of esters is 1. The van der Waals surface area contributed by atoms with Gasteiger partial charge in [-0.1, -0.05) is 179 Å². The van der Waals surface area contributed by atoms with Gasteiger partial charge in [-0.15, -0.1) is 0 Å². The predicted octanol–water partition coefficient (Wildman–Crippen LogP) is 14.8. The van der Waals surface area contributed by atoms with Gasteiger partial charge in [0.2, 0.25) is 0 Å². The molecular formula is C44H82O4. The summed E-state index contributed by atoms with van der Waals surface area (Å²) in [5, 5.41) is 8.73. The smallest absolute Gasteiger partial charge is 0.306 e. The van der Waals surface area contributed by atoms with Crippen LogP contribution in [0.25, 0.3) is 0 Å². The molecule has 1 N–H and O–H groups in total. The highest BCUT2D eigenvalue weighted by molar-refractivity contribution is 5.69. The summed E-state index contributed by atoms with van der Waals surface area (Å²) in [6.07, 6.45) is 50.7. The molecule has 0 rings (SSSR count). The Balaban J connectivity index is 3.92. The van der Waals surface area contributed by atoms with Crippen molar-refractivity contribution in [2.45, 2.75) is 245 Å². The third kappa shape index (κ3) is 38.9. The Hall–Kier alpha value is -1.58. The number of unbranched alkanes of at least 4 members (excludes halogenated alkanes) is 26. The first-order valence-corrected chi connectivity index (χ1v) is 21.3. The SMILES string of the molecule is CCCCC/C=C\C/C=C\CCCCCCCCCCCC(=O)OC(CCCCCCCCC)CCCCCCCCCCCC(=O)O. The molecular weight excluding hydrogens is 592 g/mol. The fourth-order valence-corrected chi connectivity index (χ4v) is 6.51. The fourth-order valence-electron chi connectivity index (χ4n) is 6.51. The van der Waals surface area contributed by atoms with Gasteiger partial charge < -0.3 is 9.84 Å². The third-order valence-corrected chi connectivity index (χ3v) is 9.68. The van der Waals surface area contributed by atoms with E-state index in [4.69, 9.17) is 9.84 Å². The van der Waals surface area contributed by atoms with Gasteiger partial charge in [0, 0.05) is 12.8 Å². The van der Waals surface area contributed by atoms with Gasteiger partial charge in [-0.25, -0.2) is 0 Å². The molecule has 0 bridgehead atoms. The number of carboxylic acids is 1. The van der Waals surface area contributed by atoms with E-state index in [0.717, 1.165) is 57.8 Å². The van der Waals surface area contributed by atoms with Crippen molar-refractivity contribution >= 4 is 11.9 Å². The van der Waals surface area contributed by atoms with Crippen LogP contribution >= 0.6 is 0 Å². The molecule has 0 aromatic heterocycles. The molecule has 0 saturated carbocycles. The predicted molar refractivity (Wildman–Crippen MR) is 209 cm³/mol. The maximum atomic E-state index is 12.7. The van der Waals surface area contributed by atoms with E-state index in [1.54, 1.807) is 0 Å². The molecule has 0 aliphatic carbocycles. The number of carbonyl (C=O) groups excluding carboxylic acids is 1. The van der Waals surface area contributed by atoms with Gasteiger partial charge >= 0.3 is 11.9 Å². The second-order valence-electron chi connectivity index (χ2n) is 14.5. The van der Waals surface area contributed by atoms with Crippen LogP contribution in [0, 0.1) is 0 Å². The maximum absolute atomic E-state index is 12.7. The first-order valence-electron chi connectivity index (χ1n) is 21.3. The molecule has 1 atom stereocenters. The van der Waals surface area contributed by atoms with E-state index >= 15 is 0 Å². The molecule has 0 aliphatic heterocycles. The molecule has 0 aromatic carbocycles. The van der Waals surface area contributed by atoms with E-state index in [9.17, 15) is 9.59 Å². The van der Waals surface area contributed by atoms with Crippen LogP contribution in [-0.2, 0) is 14.3 Å². The van der Waals surface area contributed by atoms with Crippen molar-refractivity contribution in [2.24, 2.45) is 0 Å². The second-order valence-corrected chi connectivity index (χ2v) is 14.5. The zero-order chi connectivity index (χ0) is 35.0. The van der Waals surface area contributed by atoms with E-state index < -0.39 is 5.97 Å². The van der Waals surface area contributed by atoms with E-state index in [-0.39, 0.29) is 12.1 Å². The Kier molecular flexibility index (Phi) is 38.5. The topological polar surface area (TPSA) is 63.6 Å². The van der Waals surface area contributed by atoms with Gasteiger partial charge in [0.15, 0.2) is 0 Å². The minimum absolute atomic E-state index is 0.0305. The highest BCUT2D eigenvalue weighted by Gasteiger charge is 2.14. The lowest BCUT2D eigenvalue weighted by molar-refractivity contribution is -0.150. The minimum Gasteiger partial charge on any atom is -0.481 e. The van der Waals surface area contributed by atoms with Crippen LogP contribution in [-0.4, -0.2) is 23.1 Å². The van der Waals surface area contributed by atoms with Crippen molar-refractivity contribution in [1.82, 2.24) is 0 Å². The van der Waals surface area contributed by atoms with Crippen molar-refractivity contribution in [3.8, 4) is 0 Å². The number of carbonyl (C=O) groups is 2. The van der Waals surface area contributed by atoms with E-state index in [0.29, 0.717) is 12.8 Å². The molecule has 0 aliphatic rings. The summed E-state index contributed by atoms with van der Waals surface area (Å²) in [5.41, 5.74) is 0. The van der Waals surface area contributed by atoms with Crippen LogP contribution < -0.4 is 0 Å². The lowest BCUT2D eigenvalue weighted by atomic mass is 10.0. The summed E-state index contributed by atoms with van der Waals surface area (Å²) < 4.78 is 6.04. The molecule has 0 fully saturated rings. The van der Waals surface area contributed by atoms with Crippen LogP contribution in [0.1, 0.15) is 239 Å². The summed E-state index contributed by atoms with van der Waals surface area (Å²) >= 11 is 0. The van der Waals surface area contributed by atoms with Crippen LogP contribution in [0.3, 0.4) is 0 Å². The summed E-state index contributed by atoms with van der Waals surface area (Å²) in [6.45, 7) is 4.53. The highest BCUT2D eigenvalue weighted by atomic mass is 16.5. The second kappa shape index (κ2) is 39.9. The Morgan fingerprint density at radius 3 is 1.27 bits per heavy atom. The Morgan fingerprint density at radius 2 is 0.812 bits per heavy atom. The number of hydrogen-bond donors (Lipinski definition) is 1. The van der Waals surface area contributed by atoms with Crippen LogP contribution in [0.4, 0.5) is 0 Å². The number of hydrogen-bond acceptors (Lipinski definition) is 3. The number of rotatable bonds is 39. The zero-order valence-electron chi connectivity index (χ0n) is 32.3. The lowest BCUT2D eigenvalue weighted by Crippen LogP contribution is -2.18. The van der Waals surface area contributed by atoms with Crippen molar-refractivity contribution < 1.29 is 19.4 Å². The van der Waals surface area contributed by atoms with Crippen molar-refractivity contribution in [3.63, 3.8) is 0 Å². The Morgan fingerprint density at radius 1 is 0.458 bits per heavy atom. The molecule has 282 valence electrons. The molecule has 0 heterocycles. The first-order chi connectivity index (χ1) is 23.6. The number of ether oxygens (including phenoxy) is 1. The molecule has 48 heavy (non-hydrogen) atoms. The van der Waals surface area contributed by atoms with Gasteiger partial charge in [0.1, 0.15) is 6.10 Å². The summed E-state index contributed by atoms with van der Waals surface area (Å²) in [6, 6.07) is 0. The average molecular weight is 675 g/mol. The molecule has 1 unspecified atom stereocenters. The maximum Gasteiger partial charge on any atom is 0.306 e. The quantitative estimate of drug-likeness (QED) is 0.0400. The summed E-state index contributed by atoms with van der Waals surface area (Å²) in [7, 11) is 0. The molecule has 4 heteroatoms. The number of aliphatic carboxylic acids is 1. The van der Waals surface area contributed by atoms with Crippen LogP contribution in [0.5, 0.6) is 0 Å². The highest BCUT2D eigenvalue weighted by Crippen LogP contribution is 2.19. The minimum atomic E-state index is -0.677.